The van der Waals surface area contributed by atoms with E-state index in [1.807, 2.05) is 0 Å². The van der Waals surface area contributed by atoms with Crippen molar-refractivity contribution in [3.8, 4) is 5.75 Å². The van der Waals surface area contributed by atoms with Crippen LogP contribution in [0.15, 0.2) is 24.3 Å². The maximum absolute atomic E-state index is 12.4. The standard InChI is InChI=1S/C9H7ClF2O2/c10-8(13)5-14-7-4-2-1-3-6(7)9(11)12/h1-4,9H,5H2. The van der Waals surface area contributed by atoms with Crippen molar-refractivity contribution in [1.82, 2.24) is 0 Å². The van der Waals surface area contributed by atoms with Gasteiger partial charge in [0.1, 0.15) is 5.75 Å². The monoisotopic (exact) mass is 220 g/mol. The molecular formula is C9H7ClF2O2. The molecule has 76 valence electrons. The highest BCUT2D eigenvalue weighted by atomic mass is 35.5. The summed E-state index contributed by atoms with van der Waals surface area (Å²) < 4.78 is 29.5. The van der Waals surface area contributed by atoms with E-state index in [1.54, 1.807) is 6.07 Å². The number of benzene rings is 1. The lowest BCUT2D eigenvalue weighted by atomic mass is 10.2. The number of ether oxygens (including phenoxy) is 1. The lowest BCUT2D eigenvalue weighted by molar-refractivity contribution is -0.113. The number of para-hydroxylation sites is 1. The normalized spacial score (nSPS) is 10.3. The van der Waals surface area contributed by atoms with Crippen molar-refractivity contribution in [2.75, 3.05) is 6.61 Å². The van der Waals surface area contributed by atoms with Crippen molar-refractivity contribution in [2.45, 2.75) is 6.43 Å². The Hall–Kier alpha value is -1.16. The van der Waals surface area contributed by atoms with E-state index in [2.05, 4.69) is 0 Å². The van der Waals surface area contributed by atoms with Gasteiger partial charge in [-0.25, -0.2) is 8.78 Å². The van der Waals surface area contributed by atoms with Crippen molar-refractivity contribution in [3.63, 3.8) is 0 Å². The second kappa shape index (κ2) is 4.91. The molecule has 0 saturated heterocycles. The van der Waals surface area contributed by atoms with E-state index in [9.17, 15) is 13.6 Å². The molecule has 1 aromatic rings. The zero-order chi connectivity index (χ0) is 10.6. The molecule has 0 aliphatic rings. The molecule has 0 radical (unpaired) electrons. The summed E-state index contributed by atoms with van der Waals surface area (Å²) in [5.74, 6) is -0.0171. The number of carbonyl (C=O) groups excluding carboxylic acids is 1. The number of rotatable bonds is 4. The van der Waals surface area contributed by atoms with E-state index in [0.717, 1.165) is 0 Å². The van der Waals surface area contributed by atoms with Crippen LogP contribution in [0.3, 0.4) is 0 Å². The Bertz CT molecular complexity index is 328. The molecule has 0 aliphatic heterocycles. The van der Waals surface area contributed by atoms with Gasteiger partial charge in [0.25, 0.3) is 11.7 Å². The number of alkyl halides is 2. The van der Waals surface area contributed by atoms with Crippen molar-refractivity contribution < 1.29 is 18.3 Å². The van der Waals surface area contributed by atoms with Crippen molar-refractivity contribution in [3.05, 3.63) is 29.8 Å². The van der Waals surface area contributed by atoms with Gasteiger partial charge in [-0.05, 0) is 23.7 Å². The van der Waals surface area contributed by atoms with E-state index >= 15 is 0 Å². The lowest BCUT2D eigenvalue weighted by Crippen LogP contribution is -2.06. The zero-order valence-corrected chi connectivity index (χ0v) is 7.80. The van der Waals surface area contributed by atoms with Crippen LogP contribution in [0, 0.1) is 0 Å². The minimum Gasteiger partial charge on any atom is -0.484 e. The van der Waals surface area contributed by atoms with Crippen LogP contribution in [0.1, 0.15) is 12.0 Å². The number of hydrogen-bond acceptors (Lipinski definition) is 2. The average Bonchev–Trinajstić information content (AvgIpc) is 2.15. The number of hydrogen-bond donors (Lipinski definition) is 0. The minimum absolute atomic E-state index is 0.0171. The second-order valence-corrected chi connectivity index (χ2v) is 2.90. The molecule has 0 spiro atoms. The minimum atomic E-state index is -2.63. The quantitative estimate of drug-likeness (QED) is 0.730. The summed E-state index contributed by atoms with van der Waals surface area (Å²) in [4.78, 5) is 10.4. The first-order valence-corrected chi connectivity index (χ1v) is 4.17. The third-order valence-electron chi connectivity index (χ3n) is 1.50. The van der Waals surface area contributed by atoms with Gasteiger partial charge in [0.05, 0.1) is 5.56 Å². The Balaban J connectivity index is 2.79. The molecule has 2 nitrogen and oxygen atoms in total. The average molecular weight is 221 g/mol. The Morgan fingerprint density at radius 2 is 2.07 bits per heavy atom. The first kappa shape index (κ1) is 10.9. The molecule has 0 fully saturated rings. The van der Waals surface area contributed by atoms with Crippen molar-refractivity contribution in [1.29, 1.82) is 0 Å². The number of carbonyl (C=O) groups is 1. The fourth-order valence-electron chi connectivity index (χ4n) is 0.927. The van der Waals surface area contributed by atoms with Crippen LogP contribution in [0.25, 0.3) is 0 Å². The Morgan fingerprint density at radius 1 is 1.43 bits per heavy atom. The SMILES string of the molecule is O=C(Cl)COc1ccccc1C(F)F. The van der Waals surface area contributed by atoms with Gasteiger partial charge in [-0.1, -0.05) is 12.1 Å². The van der Waals surface area contributed by atoms with E-state index in [-0.39, 0.29) is 11.3 Å². The highest BCUT2D eigenvalue weighted by Crippen LogP contribution is 2.28. The summed E-state index contributed by atoms with van der Waals surface area (Å²) in [6.45, 7) is -0.411. The first-order valence-electron chi connectivity index (χ1n) is 3.79. The fourth-order valence-corrected chi connectivity index (χ4v) is 0.981. The molecule has 0 saturated carbocycles. The van der Waals surface area contributed by atoms with Crippen LogP contribution in [0.4, 0.5) is 8.78 Å². The van der Waals surface area contributed by atoms with Crippen LogP contribution in [-0.2, 0) is 4.79 Å². The number of halogens is 3. The van der Waals surface area contributed by atoms with Crippen LogP contribution in [-0.4, -0.2) is 11.8 Å². The molecule has 0 N–H and O–H groups in total. The van der Waals surface area contributed by atoms with Crippen LogP contribution >= 0.6 is 11.6 Å². The molecule has 0 heterocycles. The van der Waals surface area contributed by atoms with Gasteiger partial charge >= 0.3 is 0 Å². The van der Waals surface area contributed by atoms with Gasteiger partial charge in [0.15, 0.2) is 6.61 Å². The maximum atomic E-state index is 12.4. The highest BCUT2D eigenvalue weighted by molar-refractivity contribution is 6.63. The first-order chi connectivity index (χ1) is 6.61. The van der Waals surface area contributed by atoms with Crippen LogP contribution in [0.2, 0.25) is 0 Å². The third kappa shape index (κ3) is 2.96. The molecule has 0 aliphatic carbocycles. The summed E-state index contributed by atoms with van der Waals surface area (Å²) in [5, 5.41) is -0.728. The van der Waals surface area contributed by atoms with Crippen LogP contribution < -0.4 is 4.74 Å². The highest BCUT2D eigenvalue weighted by Gasteiger charge is 2.13. The van der Waals surface area contributed by atoms with E-state index in [4.69, 9.17) is 16.3 Å². The van der Waals surface area contributed by atoms with Gasteiger partial charge in [-0.15, -0.1) is 0 Å². The van der Waals surface area contributed by atoms with Gasteiger partial charge in [-0.2, -0.15) is 0 Å². The Kier molecular flexibility index (Phi) is 3.83. The summed E-state index contributed by atoms with van der Waals surface area (Å²) in [5.41, 5.74) is -0.245. The summed E-state index contributed by atoms with van der Waals surface area (Å²) >= 11 is 5.01. The van der Waals surface area contributed by atoms with Gasteiger partial charge < -0.3 is 4.74 Å². The Morgan fingerprint density at radius 3 is 2.64 bits per heavy atom. The predicted octanol–water partition coefficient (Wildman–Crippen LogP) is 2.77. The summed E-state index contributed by atoms with van der Waals surface area (Å²) in [6, 6.07) is 5.61. The molecule has 0 aromatic heterocycles. The molecule has 1 aromatic carbocycles. The van der Waals surface area contributed by atoms with Crippen LogP contribution in [0.5, 0.6) is 5.75 Å². The molecule has 0 amide bonds. The smallest absolute Gasteiger partial charge is 0.267 e. The van der Waals surface area contributed by atoms with E-state index < -0.39 is 18.3 Å². The lowest BCUT2D eigenvalue weighted by Gasteiger charge is -2.08. The largest absolute Gasteiger partial charge is 0.484 e. The van der Waals surface area contributed by atoms with E-state index in [0.29, 0.717) is 0 Å². The van der Waals surface area contributed by atoms with Gasteiger partial charge in [0, 0.05) is 0 Å². The zero-order valence-electron chi connectivity index (χ0n) is 7.04. The fraction of sp³-hybridized carbons (Fsp3) is 0.222. The predicted molar refractivity (Wildman–Crippen MR) is 47.8 cm³/mol. The Labute approximate surface area is 84.4 Å². The molecule has 5 heteroatoms. The van der Waals surface area contributed by atoms with Crippen molar-refractivity contribution in [2.24, 2.45) is 0 Å². The van der Waals surface area contributed by atoms with Crippen molar-refractivity contribution >= 4 is 16.8 Å². The molecule has 1 rings (SSSR count). The summed E-state index contributed by atoms with van der Waals surface area (Å²) in [6.07, 6.45) is -2.63. The molecule has 14 heavy (non-hydrogen) atoms. The molecular weight excluding hydrogens is 214 g/mol. The van der Waals surface area contributed by atoms with Gasteiger partial charge in [-0.3, -0.25) is 4.79 Å². The second-order valence-electron chi connectivity index (χ2n) is 2.48. The third-order valence-corrected chi connectivity index (χ3v) is 1.60. The molecule has 0 atom stereocenters. The van der Waals surface area contributed by atoms with Gasteiger partial charge in [0.2, 0.25) is 0 Å². The maximum Gasteiger partial charge on any atom is 0.267 e. The summed E-state index contributed by atoms with van der Waals surface area (Å²) in [7, 11) is 0. The van der Waals surface area contributed by atoms with E-state index in [1.165, 1.54) is 18.2 Å². The topological polar surface area (TPSA) is 26.3 Å². The molecule has 0 unspecified atom stereocenters. The molecule has 0 bridgehead atoms.